The van der Waals surface area contributed by atoms with Crippen LogP contribution in [0.5, 0.6) is 0 Å². The number of carbonyl (C=O) groups excluding carboxylic acids is 1. The van der Waals surface area contributed by atoms with E-state index in [0.29, 0.717) is 6.42 Å². The van der Waals surface area contributed by atoms with Crippen LogP contribution in [-0.2, 0) is 9.59 Å². The van der Waals surface area contributed by atoms with Crippen LogP contribution in [0.3, 0.4) is 0 Å². The van der Waals surface area contributed by atoms with Crippen LogP contribution in [0.1, 0.15) is 19.8 Å². The Bertz CT molecular complexity index is 204. The molecule has 0 amide bonds. The number of ketones is 1. The maximum absolute atomic E-state index is 10.5. The van der Waals surface area contributed by atoms with Crippen LogP contribution in [-0.4, -0.2) is 16.9 Å². The van der Waals surface area contributed by atoms with Crippen LogP contribution in [0.2, 0.25) is 0 Å². The van der Waals surface area contributed by atoms with E-state index >= 15 is 0 Å². The molecule has 0 saturated carbocycles. The van der Waals surface area contributed by atoms with Crippen molar-refractivity contribution in [2.45, 2.75) is 19.8 Å². The minimum atomic E-state index is -1.46. The fourth-order valence-corrected chi connectivity index (χ4v) is 0.592. The average molecular weight is 155 g/mol. The molecule has 0 rings (SSSR count). The van der Waals surface area contributed by atoms with Gasteiger partial charge < -0.3 is 5.11 Å². The van der Waals surface area contributed by atoms with Gasteiger partial charge in [-0.2, -0.15) is 5.26 Å². The third kappa shape index (κ3) is 3.36. The Hall–Kier alpha value is -1.37. The summed E-state index contributed by atoms with van der Waals surface area (Å²) in [6.45, 7) is 1.74. The highest BCUT2D eigenvalue weighted by Gasteiger charge is 2.16. The Labute approximate surface area is 64.4 Å². The molecule has 0 aromatic carbocycles. The van der Waals surface area contributed by atoms with Crippen molar-refractivity contribution in [3.05, 3.63) is 0 Å². The summed E-state index contributed by atoms with van der Waals surface area (Å²) < 4.78 is 0. The lowest BCUT2D eigenvalue weighted by Gasteiger charge is -1.99. The van der Waals surface area contributed by atoms with Gasteiger partial charge in [-0.05, 0) is 6.42 Å². The summed E-state index contributed by atoms with van der Waals surface area (Å²) in [5.74, 6) is -2.81. The number of nitriles is 1. The molecular formula is C7H9NO3. The first kappa shape index (κ1) is 9.63. The maximum Gasteiger partial charge on any atom is 0.372 e. The van der Waals surface area contributed by atoms with Crippen molar-refractivity contribution in [2.75, 3.05) is 0 Å². The minimum absolute atomic E-state index is 0.178. The van der Waals surface area contributed by atoms with Gasteiger partial charge in [-0.15, -0.1) is 0 Å². The molecule has 1 N–H and O–H groups in total. The molecule has 1 atom stereocenters. The first-order valence-electron chi connectivity index (χ1n) is 3.27. The molecule has 0 aromatic rings. The lowest BCUT2D eigenvalue weighted by molar-refractivity contribution is -0.149. The number of hydrogen-bond acceptors (Lipinski definition) is 3. The SMILES string of the molecule is CCC(C#N)CC(=O)C(=O)O. The van der Waals surface area contributed by atoms with Crippen LogP contribution < -0.4 is 0 Å². The fraction of sp³-hybridized carbons (Fsp3) is 0.571. The molecule has 60 valence electrons. The lowest BCUT2D eigenvalue weighted by Crippen LogP contribution is -2.15. The predicted octanol–water partition coefficient (Wildman–Crippen LogP) is 0.580. The van der Waals surface area contributed by atoms with Gasteiger partial charge >= 0.3 is 5.97 Å². The monoisotopic (exact) mass is 155 g/mol. The first-order valence-corrected chi connectivity index (χ1v) is 3.27. The summed E-state index contributed by atoms with van der Waals surface area (Å²) in [7, 11) is 0. The van der Waals surface area contributed by atoms with Crippen molar-refractivity contribution in [3.8, 4) is 6.07 Å². The number of carboxylic acid groups (broad SMARTS) is 1. The molecule has 0 aromatic heterocycles. The van der Waals surface area contributed by atoms with Gasteiger partial charge in [0.25, 0.3) is 0 Å². The van der Waals surface area contributed by atoms with Crippen LogP contribution in [0, 0.1) is 17.2 Å². The zero-order chi connectivity index (χ0) is 8.85. The zero-order valence-corrected chi connectivity index (χ0v) is 6.20. The second kappa shape index (κ2) is 4.45. The lowest BCUT2D eigenvalue weighted by atomic mass is 10.0. The highest BCUT2D eigenvalue weighted by Crippen LogP contribution is 2.06. The van der Waals surface area contributed by atoms with Crippen molar-refractivity contribution in [2.24, 2.45) is 5.92 Å². The summed E-state index contributed by atoms with van der Waals surface area (Å²) in [5.41, 5.74) is 0. The minimum Gasteiger partial charge on any atom is -0.476 e. The quantitative estimate of drug-likeness (QED) is 0.602. The van der Waals surface area contributed by atoms with E-state index in [1.54, 1.807) is 6.92 Å². The van der Waals surface area contributed by atoms with Gasteiger partial charge in [0.15, 0.2) is 0 Å². The molecule has 1 unspecified atom stereocenters. The number of Topliss-reactive ketones (excluding diaryl/α,β-unsaturated/α-hetero) is 1. The van der Waals surface area contributed by atoms with E-state index in [1.165, 1.54) is 0 Å². The third-order valence-electron chi connectivity index (χ3n) is 1.35. The summed E-state index contributed by atoms with van der Waals surface area (Å²) in [6, 6.07) is 1.85. The third-order valence-corrected chi connectivity index (χ3v) is 1.35. The smallest absolute Gasteiger partial charge is 0.372 e. The van der Waals surface area contributed by atoms with Gasteiger partial charge in [-0.1, -0.05) is 6.92 Å². The van der Waals surface area contributed by atoms with Gasteiger partial charge in [0.05, 0.1) is 12.0 Å². The summed E-state index contributed by atoms with van der Waals surface area (Å²) in [6.07, 6.45) is 0.331. The van der Waals surface area contributed by atoms with Crippen molar-refractivity contribution in [3.63, 3.8) is 0 Å². The summed E-state index contributed by atoms with van der Waals surface area (Å²) in [4.78, 5) is 20.5. The van der Waals surface area contributed by atoms with E-state index in [9.17, 15) is 9.59 Å². The molecule has 11 heavy (non-hydrogen) atoms. The second-order valence-corrected chi connectivity index (χ2v) is 2.17. The van der Waals surface area contributed by atoms with Gasteiger partial charge in [0, 0.05) is 6.42 Å². The van der Waals surface area contributed by atoms with Crippen molar-refractivity contribution >= 4 is 11.8 Å². The largest absolute Gasteiger partial charge is 0.476 e. The van der Waals surface area contributed by atoms with Crippen LogP contribution in [0.4, 0.5) is 0 Å². The van der Waals surface area contributed by atoms with Crippen molar-refractivity contribution in [1.82, 2.24) is 0 Å². The molecule has 0 spiro atoms. The van der Waals surface area contributed by atoms with E-state index in [4.69, 9.17) is 10.4 Å². The molecule has 0 aliphatic rings. The summed E-state index contributed by atoms with van der Waals surface area (Å²) in [5, 5.41) is 16.5. The Morgan fingerprint density at radius 2 is 2.18 bits per heavy atom. The highest BCUT2D eigenvalue weighted by molar-refractivity contribution is 6.32. The molecule has 0 aliphatic carbocycles. The first-order chi connectivity index (χ1) is 5.11. The Morgan fingerprint density at radius 3 is 2.45 bits per heavy atom. The van der Waals surface area contributed by atoms with Gasteiger partial charge in [0.2, 0.25) is 5.78 Å². The molecular weight excluding hydrogens is 146 g/mol. The van der Waals surface area contributed by atoms with Gasteiger partial charge in [-0.25, -0.2) is 4.79 Å². The van der Waals surface area contributed by atoms with E-state index in [2.05, 4.69) is 0 Å². The van der Waals surface area contributed by atoms with E-state index in [0.717, 1.165) is 0 Å². The number of hydrogen-bond donors (Lipinski definition) is 1. The molecule has 4 heteroatoms. The topological polar surface area (TPSA) is 78.2 Å². The average Bonchev–Trinajstić information content (AvgIpc) is 1.99. The van der Waals surface area contributed by atoms with Crippen LogP contribution >= 0.6 is 0 Å². The molecule has 0 bridgehead atoms. The number of carboxylic acids is 1. The van der Waals surface area contributed by atoms with Crippen molar-refractivity contribution < 1.29 is 14.7 Å². The molecule has 0 heterocycles. The van der Waals surface area contributed by atoms with E-state index in [1.807, 2.05) is 6.07 Å². The van der Waals surface area contributed by atoms with E-state index in [-0.39, 0.29) is 6.42 Å². The van der Waals surface area contributed by atoms with E-state index < -0.39 is 17.7 Å². The van der Waals surface area contributed by atoms with Gasteiger partial charge in [-0.3, -0.25) is 4.79 Å². The van der Waals surface area contributed by atoms with Gasteiger partial charge in [0.1, 0.15) is 0 Å². The zero-order valence-electron chi connectivity index (χ0n) is 6.20. The number of rotatable bonds is 4. The van der Waals surface area contributed by atoms with Crippen molar-refractivity contribution in [1.29, 1.82) is 5.26 Å². The Balaban J connectivity index is 3.94. The molecule has 0 radical (unpaired) electrons. The number of carbonyl (C=O) groups is 2. The Morgan fingerprint density at radius 1 is 1.64 bits per heavy atom. The number of aliphatic carboxylic acids is 1. The molecule has 0 fully saturated rings. The van der Waals surface area contributed by atoms with Crippen LogP contribution in [0.15, 0.2) is 0 Å². The molecule has 0 saturated heterocycles. The molecule has 4 nitrogen and oxygen atoms in total. The predicted molar refractivity (Wildman–Crippen MR) is 36.7 cm³/mol. The fourth-order valence-electron chi connectivity index (χ4n) is 0.592. The Kier molecular flexibility index (Phi) is 3.89. The summed E-state index contributed by atoms with van der Waals surface area (Å²) >= 11 is 0. The second-order valence-electron chi connectivity index (χ2n) is 2.17. The maximum atomic E-state index is 10.5. The number of nitrogens with zero attached hydrogens (tertiary/aromatic N) is 1. The standard InChI is InChI=1S/C7H9NO3/c1-2-5(4-8)3-6(9)7(10)11/h5H,2-3H2,1H3,(H,10,11). The normalized spacial score (nSPS) is 11.6. The molecule has 0 aliphatic heterocycles. The van der Waals surface area contributed by atoms with Crippen LogP contribution in [0.25, 0.3) is 0 Å². The highest BCUT2D eigenvalue weighted by atomic mass is 16.4.